The highest BCUT2D eigenvalue weighted by Gasteiger charge is 2.15. The number of benzene rings is 2. The molecule has 23 heavy (non-hydrogen) atoms. The molecule has 0 bridgehead atoms. The van der Waals surface area contributed by atoms with Crippen LogP contribution in [0.4, 0.5) is 4.39 Å². The first-order valence-electron chi connectivity index (χ1n) is 7.05. The third-order valence-electron chi connectivity index (χ3n) is 3.55. The molecule has 0 fully saturated rings. The third-order valence-corrected chi connectivity index (χ3v) is 4.95. The van der Waals surface area contributed by atoms with Gasteiger partial charge in [-0.05, 0) is 48.4 Å². The number of sulfonamides is 1. The van der Waals surface area contributed by atoms with Crippen molar-refractivity contribution in [3.05, 3.63) is 71.7 Å². The largest absolute Gasteiger partial charge is 0.256 e. The number of aromatic nitrogens is 1. The SMILES string of the molecule is Cc1cc(S(=O)(=O)NCc2cnc3ccccc3c2)ccc1F. The van der Waals surface area contributed by atoms with Gasteiger partial charge >= 0.3 is 0 Å². The summed E-state index contributed by atoms with van der Waals surface area (Å²) in [6, 6.07) is 13.2. The van der Waals surface area contributed by atoms with Crippen LogP contribution < -0.4 is 4.72 Å². The standard InChI is InChI=1S/C17H15FN2O2S/c1-12-8-15(6-7-16(12)18)23(21,22)20-11-13-9-14-4-2-3-5-17(14)19-10-13/h2-10,20H,11H2,1H3. The molecule has 0 spiro atoms. The Bertz CT molecular complexity index is 971. The molecule has 6 heteroatoms. The summed E-state index contributed by atoms with van der Waals surface area (Å²) in [5.74, 6) is -0.428. The Morgan fingerprint density at radius 3 is 2.70 bits per heavy atom. The van der Waals surface area contributed by atoms with Gasteiger partial charge in [-0.2, -0.15) is 0 Å². The molecule has 118 valence electrons. The average Bonchev–Trinajstić information content (AvgIpc) is 2.55. The van der Waals surface area contributed by atoms with Gasteiger partial charge < -0.3 is 0 Å². The van der Waals surface area contributed by atoms with E-state index < -0.39 is 15.8 Å². The molecule has 0 saturated carbocycles. The maximum absolute atomic E-state index is 13.3. The van der Waals surface area contributed by atoms with Gasteiger partial charge in [-0.1, -0.05) is 18.2 Å². The van der Waals surface area contributed by atoms with Gasteiger partial charge in [0, 0.05) is 18.1 Å². The molecule has 2 aromatic carbocycles. The molecule has 0 radical (unpaired) electrons. The summed E-state index contributed by atoms with van der Waals surface area (Å²) < 4.78 is 40.3. The minimum atomic E-state index is -3.70. The number of rotatable bonds is 4. The van der Waals surface area contributed by atoms with Crippen LogP contribution >= 0.6 is 0 Å². The van der Waals surface area contributed by atoms with E-state index in [0.717, 1.165) is 22.5 Å². The number of pyridine rings is 1. The average molecular weight is 330 g/mol. The molecule has 3 rings (SSSR count). The first kappa shape index (κ1) is 15.6. The lowest BCUT2D eigenvalue weighted by molar-refractivity contribution is 0.579. The van der Waals surface area contributed by atoms with Gasteiger partial charge in [0.15, 0.2) is 0 Å². The summed E-state index contributed by atoms with van der Waals surface area (Å²) in [6.07, 6.45) is 1.64. The van der Waals surface area contributed by atoms with Crippen LogP contribution in [-0.2, 0) is 16.6 Å². The van der Waals surface area contributed by atoms with Gasteiger partial charge in [0.1, 0.15) is 5.82 Å². The number of nitrogens with one attached hydrogen (secondary N) is 1. The molecule has 0 atom stereocenters. The normalized spacial score (nSPS) is 11.7. The van der Waals surface area contributed by atoms with Gasteiger partial charge in [-0.25, -0.2) is 17.5 Å². The summed E-state index contributed by atoms with van der Waals surface area (Å²) in [5, 5.41) is 0.946. The highest BCUT2D eigenvalue weighted by Crippen LogP contribution is 2.16. The Labute approximate surface area is 134 Å². The number of aryl methyl sites for hydroxylation is 1. The molecule has 0 unspecified atom stereocenters. The van der Waals surface area contributed by atoms with Gasteiger partial charge in [0.2, 0.25) is 10.0 Å². The number of fused-ring (bicyclic) bond motifs is 1. The van der Waals surface area contributed by atoms with Crippen LogP contribution in [-0.4, -0.2) is 13.4 Å². The van der Waals surface area contributed by atoms with Crippen molar-refractivity contribution in [3.8, 4) is 0 Å². The quantitative estimate of drug-likeness (QED) is 0.799. The monoisotopic (exact) mass is 330 g/mol. The molecule has 0 aliphatic heterocycles. The van der Waals surface area contributed by atoms with Crippen molar-refractivity contribution in [2.75, 3.05) is 0 Å². The fourth-order valence-corrected chi connectivity index (χ4v) is 3.36. The van der Waals surface area contributed by atoms with Crippen molar-refractivity contribution in [3.63, 3.8) is 0 Å². The van der Waals surface area contributed by atoms with E-state index in [0.29, 0.717) is 5.56 Å². The van der Waals surface area contributed by atoms with E-state index in [1.54, 1.807) is 6.20 Å². The topological polar surface area (TPSA) is 59.1 Å². The van der Waals surface area contributed by atoms with Crippen molar-refractivity contribution < 1.29 is 12.8 Å². The number of hydrogen-bond donors (Lipinski definition) is 1. The predicted octanol–water partition coefficient (Wildman–Crippen LogP) is 3.16. The van der Waals surface area contributed by atoms with E-state index >= 15 is 0 Å². The van der Waals surface area contributed by atoms with Gasteiger partial charge in [-0.15, -0.1) is 0 Å². The van der Waals surface area contributed by atoms with Crippen molar-refractivity contribution in [2.45, 2.75) is 18.4 Å². The summed E-state index contributed by atoms with van der Waals surface area (Å²) in [6.45, 7) is 1.65. The van der Waals surface area contributed by atoms with Gasteiger partial charge in [0.25, 0.3) is 0 Å². The Morgan fingerprint density at radius 2 is 1.91 bits per heavy atom. The van der Waals surface area contributed by atoms with Crippen LogP contribution in [0.5, 0.6) is 0 Å². The van der Waals surface area contributed by atoms with E-state index in [2.05, 4.69) is 9.71 Å². The maximum atomic E-state index is 13.3. The summed E-state index contributed by atoms with van der Waals surface area (Å²) in [4.78, 5) is 4.34. The van der Waals surface area contributed by atoms with Crippen LogP contribution in [0.1, 0.15) is 11.1 Å². The summed E-state index contributed by atoms with van der Waals surface area (Å²) in [5.41, 5.74) is 1.90. The highest BCUT2D eigenvalue weighted by atomic mass is 32.2. The van der Waals surface area contributed by atoms with Crippen molar-refractivity contribution in [1.82, 2.24) is 9.71 Å². The zero-order chi connectivity index (χ0) is 16.4. The van der Waals surface area contributed by atoms with Crippen molar-refractivity contribution >= 4 is 20.9 Å². The fraction of sp³-hybridized carbons (Fsp3) is 0.118. The molecule has 0 aliphatic carbocycles. The fourth-order valence-electron chi connectivity index (χ4n) is 2.26. The molecule has 1 heterocycles. The molecule has 1 aromatic heterocycles. The predicted molar refractivity (Wildman–Crippen MR) is 86.9 cm³/mol. The number of halogens is 1. The van der Waals surface area contributed by atoms with Crippen LogP contribution in [0, 0.1) is 12.7 Å². The third kappa shape index (κ3) is 3.38. The molecule has 1 N–H and O–H groups in total. The van der Waals surface area contributed by atoms with E-state index in [1.165, 1.54) is 19.1 Å². The van der Waals surface area contributed by atoms with Gasteiger partial charge in [-0.3, -0.25) is 4.98 Å². The minimum Gasteiger partial charge on any atom is -0.256 e. The summed E-state index contributed by atoms with van der Waals surface area (Å²) in [7, 11) is -3.70. The van der Waals surface area contributed by atoms with E-state index in [1.807, 2.05) is 30.3 Å². The first-order chi connectivity index (χ1) is 11.0. The second-order valence-electron chi connectivity index (χ2n) is 5.27. The van der Waals surface area contributed by atoms with Gasteiger partial charge in [0.05, 0.1) is 10.4 Å². The Hall–Kier alpha value is -2.31. The van der Waals surface area contributed by atoms with Crippen LogP contribution in [0.2, 0.25) is 0 Å². The molecule has 4 nitrogen and oxygen atoms in total. The van der Waals surface area contributed by atoms with Crippen molar-refractivity contribution in [1.29, 1.82) is 0 Å². The van der Waals surface area contributed by atoms with Crippen LogP contribution in [0.15, 0.2) is 59.6 Å². The molecular weight excluding hydrogens is 315 g/mol. The molecule has 0 saturated heterocycles. The van der Waals surface area contributed by atoms with E-state index in [4.69, 9.17) is 0 Å². The van der Waals surface area contributed by atoms with Crippen molar-refractivity contribution in [2.24, 2.45) is 0 Å². The molecular formula is C17H15FN2O2S. The number of hydrogen-bond acceptors (Lipinski definition) is 3. The Kier molecular flexibility index (Phi) is 4.11. The Balaban J connectivity index is 1.81. The van der Waals surface area contributed by atoms with E-state index in [9.17, 15) is 12.8 Å². The zero-order valence-corrected chi connectivity index (χ0v) is 13.3. The lowest BCUT2D eigenvalue weighted by atomic mass is 10.2. The lowest BCUT2D eigenvalue weighted by Crippen LogP contribution is -2.23. The summed E-state index contributed by atoms with van der Waals surface area (Å²) >= 11 is 0. The molecule has 0 aliphatic rings. The number of nitrogens with zero attached hydrogens (tertiary/aromatic N) is 1. The smallest absolute Gasteiger partial charge is 0.240 e. The Morgan fingerprint density at radius 1 is 1.13 bits per heavy atom. The molecule has 3 aromatic rings. The molecule has 0 amide bonds. The number of para-hydroxylation sites is 1. The zero-order valence-electron chi connectivity index (χ0n) is 12.5. The maximum Gasteiger partial charge on any atom is 0.240 e. The van der Waals surface area contributed by atoms with E-state index in [-0.39, 0.29) is 11.4 Å². The lowest BCUT2D eigenvalue weighted by Gasteiger charge is -2.08. The van der Waals surface area contributed by atoms with Crippen LogP contribution in [0.3, 0.4) is 0 Å². The second kappa shape index (κ2) is 6.06. The first-order valence-corrected chi connectivity index (χ1v) is 8.53. The van der Waals surface area contributed by atoms with Crippen LogP contribution in [0.25, 0.3) is 10.9 Å². The minimum absolute atomic E-state index is 0.0464. The second-order valence-corrected chi connectivity index (χ2v) is 7.04. The highest BCUT2D eigenvalue weighted by molar-refractivity contribution is 7.89.